The molecule has 20 heavy (non-hydrogen) atoms. The van der Waals surface area contributed by atoms with Gasteiger partial charge in [-0.3, -0.25) is 4.68 Å². The first kappa shape index (κ1) is 15.4. The van der Waals surface area contributed by atoms with Crippen LogP contribution in [0.3, 0.4) is 0 Å². The van der Waals surface area contributed by atoms with Gasteiger partial charge in [0.1, 0.15) is 5.82 Å². The topological polar surface area (TPSA) is 33.1 Å². The van der Waals surface area contributed by atoms with E-state index in [0.717, 1.165) is 18.8 Å². The van der Waals surface area contributed by atoms with E-state index in [4.69, 9.17) is 0 Å². The summed E-state index contributed by atoms with van der Waals surface area (Å²) in [6.45, 7) is 8.59. The zero-order valence-corrected chi connectivity index (χ0v) is 13.7. The van der Waals surface area contributed by atoms with E-state index in [2.05, 4.69) is 54.9 Å². The van der Waals surface area contributed by atoms with Crippen molar-refractivity contribution >= 4 is 5.82 Å². The molecule has 1 heterocycles. The van der Waals surface area contributed by atoms with Crippen LogP contribution in [0.1, 0.15) is 50.8 Å². The zero-order chi connectivity index (χ0) is 14.7. The quantitative estimate of drug-likeness (QED) is 0.868. The Bertz CT molecular complexity index is 430. The van der Waals surface area contributed by atoms with Crippen molar-refractivity contribution in [2.75, 3.05) is 18.5 Å². The lowest BCUT2D eigenvalue weighted by atomic mass is 10.1. The average Bonchev–Trinajstić information content (AvgIpc) is 2.97. The Morgan fingerprint density at radius 1 is 1.35 bits per heavy atom. The molecule has 1 aromatic heterocycles. The molecule has 0 amide bonds. The Balaban J connectivity index is 2.13. The maximum absolute atomic E-state index is 4.64. The predicted octanol–water partition coefficient (Wildman–Crippen LogP) is 2.85. The van der Waals surface area contributed by atoms with Crippen LogP contribution in [-0.2, 0) is 13.6 Å². The number of hydrogen-bond donors (Lipinski definition) is 1. The summed E-state index contributed by atoms with van der Waals surface area (Å²) >= 11 is 0. The van der Waals surface area contributed by atoms with Crippen molar-refractivity contribution in [1.82, 2.24) is 15.1 Å². The van der Waals surface area contributed by atoms with E-state index in [9.17, 15) is 0 Å². The fourth-order valence-corrected chi connectivity index (χ4v) is 3.29. The van der Waals surface area contributed by atoms with E-state index in [1.807, 2.05) is 0 Å². The van der Waals surface area contributed by atoms with Gasteiger partial charge in [0.2, 0.25) is 0 Å². The van der Waals surface area contributed by atoms with Gasteiger partial charge in [0, 0.05) is 32.2 Å². The molecule has 1 aromatic rings. The van der Waals surface area contributed by atoms with Crippen LogP contribution >= 0.6 is 0 Å². The molecule has 1 fully saturated rings. The summed E-state index contributed by atoms with van der Waals surface area (Å²) in [5.74, 6) is 1.98. The first-order valence-corrected chi connectivity index (χ1v) is 7.96. The summed E-state index contributed by atoms with van der Waals surface area (Å²) in [5.41, 5.74) is 2.52. The lowest BCUT2D eigenvalue weighted by Crippen LogP contribution is -2.32. The molecule has 0 saturated heterocycles. The maximum atomic E-state index is 4.64. The van der Waals surface area contributed by atoms with Crippen molar-refractivity contribution in [3.8, 4) is 0 Å². The van der Waals surface area contributed by atoms with Gasteiger partial charge in [0.25, 0.3) is 0 Å². The minimum Gasteiger partial charge on any atom is -0.357 e. The van der Waals surface area contributed by atoms with Gasteiger partial charge in [0.05, 0.1) is 5.69 Å². The number of nitrogens with one attached hydrogen (secondary N) is 1. The minimum absolute atomic E-state index is 0.683. The van der Waals surface area contributed by atoms with Crippen LogP contribution in [0, 0.1) is 12.8 Å². The van der Waals surface area contributed by atoms with Crippen molar-refractivity contribution in [2.24, 2.45) is 13.0 Å². The fourth-order valence-electron chi connectivity index (χ4n) is 3.29. The van der Waals surface area contributed by atoms with Crippen LogP contribution in [0.25, 0.3) is 0 Å². The second-order valence-corrected chi connectivity index (χ2v) is 6.59. The van der Waals surface area contributed by atoms with Crippen LogP contribution < -0.4 is 10.2 Å². The minimum atomic E-state index is 0.683. The van der Waals surface area contributed by atoms with Crippen LogP contribution in [0.2, 0.25) is 0 Å². The molecule has 1 aliphatic carbocycles. The van der Waals surface area contributed by atoms with Gasteiger partial charge in [-0.05, 0) is 32.2 Å². The summed E-state index contributed by atoms with van der Waals surface area (Å²) in [6.07, 6.45) is 5.37. The number of aryl methyl sites for hydroxylation is 2. The van der Waals surface area contributed by atoms with Crippen LogP contribution in [0.4, 0.5) is 5.82 Å². The van der Waals surface area contributed by atoms with Crippen molar-refractivity contribution in [3.63, 3.8) is 0 Å². The summed E-state index contributed by atoms with van der Waals surface area (Å²) in [6, 6.07) is 0.689. The second kappa shape index (κ2) is 6.61. The first-order valence-electron chi connectivity index (χ1n) is 7.96. The number of aromatic nitrogens is 2. The number of rotatable bonds is 6. The largest absolute Gasteiger partial charge is 0.357 e. The molecule has 4 nitrogen and oxygen atoms in total. The van der Waals surface area contributed by atoms with E-state index in [1.165, 1.54) is 37.1 Å². The molecule has 0 atom stereocenters. The zero-order valence-electron chi connectivity index (χ0n) is 13.7. The Hall–Kier alpha value is -1.03. The lowest BCUT2D eigenvalue weighted by Gasteiger charge is -2.27. The molecule has 2 rings (SSSR count). The van der Waals surface area contributed by atoms with Crippen molar-refractivity contribution in [1.29, 1.82) is 0 Å². The summed E-state index contributed by atoms with van der Waals surface area (Å²) in [4.78, 5) is 2.46. The highest BCUT2D eigenvalue weighted by atomic mass is 15.4. The van der Waals surface area contributed by atoms with Gasteiger partial charge in [-0.15, -0.1) is 0 Å². The second-order valence-electron chi connectivity index (χ2n) is 6.59. The highest BCUT2D eigenvalue weighted by Gasteiger charge is 2.25. The molecule has 1 aliphatic rings. The predicted molar refractivity (Wildman–Crippen MR) is 85.1 cm³/mol. The number of anilines is 1. The van der Waals surface area contributed by atoms with Gasteiger partial charge in [0.15, 0.2) is 0 Å². The maximum Gasteiger partial charge on any atom is 0.131 e. The molecule has 0 unspecified atom stereocenters. The van der Waals surface area contributed by atoms with Crippen LogP contribution in [0.5, 0.6) is 0 Å². The van der Waals surface area contributed by atoms with Crippen LogP contribution in [-0.4, -0.2) is 29.4 Å². The van der Waals surface area contributed by atoms with Gasteiger partial charge in [-0.25, -0.2) is 0 Å². The SMILES string of the molecule is Cc1nn(C)c(N(C)C2CCCC2)c1CNCC(C)C. The molecule has 4 heteroatoms. The van der Waals surface area contributed by atoms with Crippen molar-refractivity contribution in [3.05, 3.63) is 11.3 Å². The molecular formula is C16H30N4. The first-order chi connectivity index (χ1) is 9.50. The summed E-state index contributed by atoms with van der Waals surface area (Å²) in [7, 11) is 4.30. The standard InChI is InChI=1S/C16H30N4/c1-12(2)10-17-11-15-13(3)18-20(5)16(15)19(4)14-8-6-7-9-14/h12,14,17H,6-11H2,1-5H3. The van der Waals surface area contributed by atoms with Crippen molar-refractivity contribution in [2.45, 2.75) is 59.0 Å². The molecule has 1 saturated carbocycles. The summed E-state index contributed by atoms with van der Waals surface area (Å²) in [5, 5.41) is 8.20. The normalized spacial score (nSPS) is 16.3. The molecule has 0 radical (unpaired) electrons. The van der Waals surface area contributed by atoms with Gasteiger partial charge in [-0.1, -0.05) is 26.7 Å². The molecule has 1 N–H and O–H groups in total. The molecular weight excluding hydrogens is 248 g/mol. The number of hydrogen-bond acceptors (Lipinski definition) is 3. The average molecular weight is 278 g/mol. The van der Waals surface area contributed by atoms with Gasteiger partial charge < -0.3 is 10.2 Å². The summed E-state index contributed by atoms with van der Waals surface area (Å²) < 4.78 is 2.06. The van der Waals surface area contributed by atoms with Gasteiger partial charge in [-0.2, -0.15) is 5.10 Å². The van der Waals surface area contributed by atoms with E-state index >= 15 is 0 Å². The molecule has 0 bridgehead atoms. The van der Waals surface area contributed by atoms with E-state index in [-0.39, 0.29) is 0 Å². The van der Waals surface area contributed by atoms with E-state index in [1.54, 1.807) is 0 Å². The fraction of sp³-hybridized carbons (Fsp3) is 0.812. The molecule has 0 spiro atoms. The Morgan fingerprint density at radius 3 is 2.60 bits per heavy atom. The van der Waals surface area contributed by atoms with E-state index < -0.39 is 0 Å². The highest BCUT2D eigenvalue weighted by Crippen LogP contribution is 2.30. The third kappa shape index (κ3) is 3.35. The Kier molecular flexibility index (Phi) is 5.08. The van der Waals surface area contributed by atoms with Gasteiger partial charge >= 0.3 is 0 Å². The monoisotopic (exact) mass is 278 g/mol. The Morgan fingerprint density at radius 2 is 2.00 bits per heavy atom. The third-order valence-corrected chi connectivity index (χ3v) is 4.37. The smallest absolute Gasteiger partial charge is 0.131 e. The molecule has 0 aliphatic heterocycles. The van der Waals surface area contributed by atoms with Crippen molar-refractivity contribution < 1.29 is 0 Å². The molecule has 0 aromatic carbocycles. The van der Waals surface area contributed by atoms with E-state index in [0.29, 0.717) is 12.0 Å². The van der Waals surface area contributed by atoms with Crippen LogP contribution in [0.15, 0.2) is 0 Å². The highest BCUT2D eigenvalue weighted by molar-refractivity contribution is 5.50. The number of nitrogens with zero attached hydrogens (tertiary/aromatic N) is 3. The molecule has 114 valence electrons. The Labute approximate surface area is 123 Å². The third-order valence-electron chi connectivity index (χ3n) is 4.37. The lowest BCUT2D eigenvalue weighted by molar-refractivity contribution is 0.549.